The molecule has 0 aliphatic carbocycles. The van der Waals surface area contributed by atoms with Crippen LogP contribution in [0.2, 0.25) is 5.02 Å². The lowest BCUT2D eigenvalue weighted by atomic mass is 10.1. The van der Waals surface area contributed by atoms with E-state index in [1.54, 1.807) is 24.3 Å². The second-order valence-electron chi connectivity index (χ2n) is 5.50. The summed E-state index contributed by atoms with van der Waals surface area (Å²) in [6.07, 6.45) is 1.33. The average Bonchev–Trinajstić information content (AvgIpc) is 2.62. The van der Waals surface area contributed by atoms with Gasteiger partial charge in [-0.1, -0.05) is 23.7 Å². The van der Waals surface area contributed by atoms with Gasteiger partial charge in [0.15, 0.2) is 17.4 Å². The molecule has 1 heterocycles. The molecule has 3 rings (SSSR count). The van der Waals surface area contributed by atoms with Gasteiger partial charge in [0, 0.05) is 16.9 Å². The number of ketones is 1. The van der Waals surface area contributed by atoms with Crippen molar-refractivity contribution in [3.63, 3.8) is 0 Å². The Labute approximate surface area is 154 Å². The molecule has 1 aromatic heterocycles. The number of carbonyl (C=O) groups is 1. The van der Waals surface area contributed by atoms with Crippen LogP contribution in [-0.2, 0) is 0 Å². The number of nitrogens with two attached hydrogens (primary N) is 1. The Bertz CT molecular complexity index is 980. The summed E-state index contributed by atoms with van der Waals surface area (Å²) in [6.45, 7) is 1.49. The Morgan fingerprint density at radius 1 is 1.08 bits per heavy atom. The van der Waals surface area contributed by atoms with Crippen LogP contribution in [0.4, 0.5) is 33.1 Å². The van der Waals surface area contributed by atoms with Crippen LogP contribution in [0.25, 0.3) is 0 Å². The highest BCUT2D eigenvalue weighted by Crippen LogP contribution is 2.29. The van der Waals surface area contributed by atoms with Crippen molar-refractivity contribution >= 4 is 46.1 Å². The first kappa shape index (κ1) is 17.6. The number of hydrogen-bond donors (Lipinski definition) is 3. The summed E-state index contributed by atoms with van der Waals surface area (Å²) in [5.74, 6) is 0.157. The molecule has 0 saturated heterocycles. The van der Waals surface area contributed by atoms with Crippen molar-refractivity contribution in [3.05, 3.63) is 65.2 Å². The lowest BCUT2D eigenvalue weighted by molar-refractivity contribution is 0.101. The van der Waals surface area contributed by atoms with Crippen molar-refractivity contribution < 1.29 is 9.18 Å². The topological polar surface area (TPSA) is 92.9 Å². The molecule has 0 fully saturated rings. The van der Waals surface area contributed by atoms with Gasteiger partial charge in [-0.3, -0.25) is 4.79 Å². The Kier molecular flexibility index (Phi) is 4.99. The predicted octanol–water partition coefficient (Wildman–Crippen LogP) is 4.54. The molecule has 26 heavy (non-hydrogen) atoms. The third kappa shape index (κ3) is 3.89. The molecule has 8 heteroatoms. The Morgan fingerprint density at radius 2 is 1.73 bits per heavy atom. The van der Waals surface area contributed by atoms with Crippen molar-refractivity contribution in [1.82, 2.24) is 9.97 Å². The third-order valence-corrected chi connectivity index (χ3v) is 3.89. The van der Waals surface area contributed by atoms with Gasteiger partial charge in [0.05, 0.1) is 5.02 Å². The number of carbonyl (C=O) groups excluding carboxylic acids is 1. The maximum atomic E-state index is 13.3. The van der Waals surface area contributed by atoms with Crippen molar-refractivity contribution in [2.24, 2.45) is 0 Å². The summed E-state index contributed by atoms with van der Waals surface area (Å²) in [5, 5.41) is 6.02. The van der Waals surface area contributed by atoms with E-state index in [9.17, 15) is 9.18 Å². The number of aromatic nitrogens is 2. The Hall–Kier alpha value is -3.19. The molecule has 0 bridgehead atoms. The van der Waals surface area contributed by atoms with E-state index in [1.807, 2.05) is 0 Å². The fourth-order valence-electron chi connectivity index (χ4n) is 2.26. The largest absolute Gasteiger partial charge is 0.393 e. The number of nitrogens with zero attached hydrogens (tertiary/aromatic N) is 2. The number of nitrogens with one attached hydrogen (secondary N) is 2. The number of Topliss-reactive ketones (excluding diaryl/α,β-unsaturated/α-hetero) is 1. The molecule has 132 valence electrons. The summed E-state index contributed by atoms with van der Waals surface area (Å²) in [6, 6.07) is 11.2. The first-order valence-corrected chi connectivity index (χ1v) is 8.02. The summed E-state index contributed by atoms with van der Waals surface area (Å²) in [5.41, 5.74) is 8.16. The van der Waals surface area contributed by atoms with Crippen LogP contribution in [0, 0.1) is 5.82 Å². The normalized spacial score (nSPS) is 10.4. The molecule has 4 N–H and O–H groups in total. The van der Waals surface area contributed by atoms with Crippen molar-refractivity contribution in [2.75, 3.05) is 16.4 Å². The maximum absolute atomic E-state index is 13.3. The van der Waals surface area contributed by atoms with E-state index in [1.165, 1.54) is 31.5 Å². The van der Waals surface area contributed by atoms with Gasteiger partial charge in [-0.15, -0.1) is 0 Å². The molecule has 0 saturated carbocycles. The first-order valence-electron chi connectivity index (χ1n) is 7.64. The minimum atomic E-state index is -0.513. The molecule has 0 spiro atoms. The van der Waals surface area contributed by atoms with E-state index >= 15 is 0 Å². The van der Waals surface area contributed by atoms with Crippen LogP contribution in [-0.4, -0.2) is 15.8 Å². The molecule has 0 radical (unpaired) electrons. The minimum Gasteiger partial charge on any atom is -0.393 e. The summed E-state index contributed by atoms with van der Waals surface area (Å²) < 4.78 is 13.3. The highest BCUT2D eigenvalue weighted by atomic mass is 35.5. The molecule has 0 amide bonds. The van der Waals surface area contributed by atoms with Gasteiger partial charge in [-0.25, -0.2) is 14.4 Å². The fraction of sp³-hybridized carbons (Fsp3) is 0.0556. The molecule has 0 aliphatic rings. The number of benzene rings is 2. The SMILES string of the molecule is CC(=O)c1cccc(Nc2ncnc(Nc3ccc(F)c(Cl)c3)c2N)c1. The number of halogens is 2. The molecule has 0 aliphatic heterocycles. The molecule has 0 unspecified atom stereocenters. The van der Waals surface area contributed by atoms with E-state index in [0.29, 0.717) is 28.6 Å². The van der Waals surface area contributed by atoms with E-state index in [4.69, 9.17) is 17.3 Å². The zero-order valence-electron chi connectivity index (χ0n) is 13.8. The molecule has 2 aromatic carbocycles. The second kappa shape index (κ2) is 7.37. The van der Waals surface area contributed by atoms with E-state index < -0.39 is 5.82 Å². The molecular formula is C18H15ClFN5O. The highest BCUT2D eigenvalue weighted by molar-refractivity contribution is 6.31. The van der Waals surface area contributed by atoms with E-state index in [0.717, 1.165) is 0 Å². The van der Waals surface area contributed by atoms with E-state index in [2.05, 4.69) is 20.6 Å². The third-order valence-electron chi connectivity index (χ3n) is 3.60. The van der Waals surface area contributed by atoms with Crippen LogP contribution in [0.1, 0.15) is 17.3 Å². The van der Waals surface area contributed by atoms with Crippen LogP contribution >= 0.6 is 11.6 Å². The quantitative estimate of drug-likeness (QED) is 0.570. The molecular weight excluding hydrogens is 357 g/mol. The van der Waals surface area contributed by atoms with Crippen molar-refractivity contribution in [2.45, 2.75) is 6.92 Å². The Balaban J connectivity index is 1.86. The molecule has 3 aromatic rings. The lowest BCUT2D eigenvalue weighted by Crippen LogP contribution is -2.05. The van der Waals surface area contributed by atoms with Gasteiger partial charge in [0.1, 0.15) is 17.8 Å². The first-order chi connectivity index (χ1) is 12.4. The van der Waals surface area contributed by atoms with Gasteiger partial charge in [0.2, 0.25) is 0 Å². The second-order valence-corrected chi connectivity index (χ2v) is 5.91. The lowest BCUT2D eigenvalue weighted by Gasteiger charge is -2.13. The number of nitrogen functional groups attached to an aromatic ring is 1. The van der Waals surface area contributed by atoms with Gasteiger partial charge in [-0.05, 0) is 37.3 Å². The maximum Gasteiger partial charge on any atom is 0.159 e. The predicted molar refractivity (Wildman–Crippen MR) is 101 cm³/mol. The number of anilines is 5. The highest BCUT2D eigenvalue weighted by Gasteiger charge is 2.10. The van der Waals surface area contributed by atoms with Gasteiger partial charge in [0.25, 0.3) is 0 Å². The van der Waals surface area contributed by atoms with E-state index in [-0.39, 0.29) is 16.5 Å². The smallest absolute Gasteiger partial charge is 0.159 e. The zero-order chi connectivity index (χ0) is 18.7. The Morgan fingerprint density at radius 3 is 2.35 bits per heavy atom. The zero-order valence-corrected chi connectivity index (χ0v) is 14.5. The van der Waals surface area contributed by atoms with Gasteiger partial charge >= 0.3 is 0 Å². The van der Waals surface area contributed by atoms with Crippen LogP contribution in [0.5, 0.6) is 0 Å². The summed E-state index contributed by atoms with van der Waals surface area (Å²) in [4.78, 5) is 19.7. The van der Waals surface area contributed by atoms with Crippen LogP contribution < -0.4 is 16.4 Å². The fourth-order valence-corrected chi connectivity index (χ4v) is 2.44. The summed E-state index contributed by atoms with van der Waals surface area (Å²) in [7, 11) is 0. The monoisotopic (exact) mass is 371 g/mol. The van der Waals surface area contributed by atoms with Crippen molar-refractivity contribution in [3.8, 4) is 0 Å². The average molecular weight is 372 g/mol. The number of rotatable bonds is 5. The summed E-state index contributed by atoms with van der Waals surface area (Å²) >= 11 is 5.78. The molecule has 6 nitrogen and oxygen atoms in total. The van der Waals surface area contributed by atoms with Crippen LogP contribution in [0.15, 0.2) is 48.8 Å². The van der Waals surface area contributed by atoms with Gasteiger partial charge < -0.3 is 16.4 Å². The van der Waals surface area contributed by atoms with Crippen molar-refractivity contribution in [1.29, 1.82) is 0 Å². The van der Waals surface area contributed by atoms with Crippen LogP contribution in [0.3, 0.4) is 0 Å². The van der Waals surface area contributed by atoms with Gasteiger partial charge in [-0.2, -0.15) is 0 Å². The number of hydrogen-bond acceptors (Lipinski definition) is 6. The minimum absolute atomic E-state index is 0.0120. The molecule has 0 atom stereocenters. The standard InChI is InChI=1S/C18H15ClFN5O/c1-10(26)11-3-2-4-12(7-11)24-17-16(21)18(23-9-22-17)25-13-5-6-15(20)14(19)8-13/h2-9H,21H2,1H3,(H2,22,23,24,25).